The van der Waals surface area contributed by atoms with Gasteiger partial charge >= 0.3 is 0 Å². The number of fused-ring (bicyclic) bond motifs is 2. The summed E-state index contributed by atoms with van der Waals surface area (Å²) in [6.45, 7) is 8.43. The van der Waals surface area contributed by atoms with E-state index in [0.29, 0.717) is 16.9 Å². The van der Waals surface area contributed by atoms with Crippen molar-refractivity contribution in [2.24, 2.45) is 0 Å². The molecule has 284 valence electrons. The molecule has 8 heteroatoms. The van der Waals surface area contributed by atoms with Crippen LogP contribution in [0.4, 0.5) is 34.1 Å². The SMILES string of the molecule is C=C(CCC(=O)N(c1ccc(N2CCCCCC2)cc1)c1cnc2ccccc2c1)C(=O)N(c1ccc(N2CCCCCC2)cc1)c1cnc2ccccc2c1. The minimum absolute atomic E-state index is 0.0863. The van der Waals surface area contributed by atoms with Gasteiger partial charge in [0, 0.05) is 71.7 Å². The van der Waals surface area contributed by atoms with Gasteiger partial charge in [-0.15, -0.1) is 0 Å². The number of pyridine rings is 2. The zero-order chi connectivity index (χ0) is 38.3. The summed E-state index contributed by atoms with van der Waals surface area (Å²) in [6, 6.07) is 36.3. The molecule has 2 fully saturated rings. The third-order valence-corrected chi connectivity index (χ3v) is 11.2. The van der Waals surface area contributed by atoms with Gasteiger partial charge in [-0.25, -0.2) is 0 Å². The number of rotatable bonds is 10. The van der Waals surface area contributed by atoms with Crippen molar-refractivity contribution < 1.29 is 9.59 Å². The second-order valence-corrected chi connectivity index (χ2v) is 15.1. The molecule has 0 radical (unpaired) electrons. The molecule has 8 nitrogen and oxygen atoms in total. The zero-order valence-electron chi connectivity index (χ0n) is 32.2. The van der Waals surface area contributed by atoms with Gasteiger partial charge < -0.3 is 9.80 Å². The predicted octanol–water partition coefficient (Wildman–Crippen LogP) is 10.9. The second kappa shape index (κ2) is 17.2. The van der Waals surface area contributed by atoms with Crippen LogP contribution in [0, 0.1) is 0 Å². The summed E-state index contributed by atoms with van der Waals surface area (Å²) in [7, 11) is 0. The van der Waals surface area contributed by atoms with Gasteiger partial charge in [0.15, 0.2) is 0 Å². The Kier molecular flexibility index (Phi) is 11.3. The van der Waals surface area contributed by atoms with Crippen molar-refractivity contribution in [1.82, 2.24) is 9.97 Å². The number of benzene rings is 4. The Hall–Kier alpha value is -6.02. The molecule has 2 aliphatic heterocycles. The molecule has 56 heavy (non-hydrogen) atoms. The fraction of sp³-hybridized carbons (Fsp3) is 0.292. The van der Waals surface area contributed by atoms with Crippen molar-refractivity contribution in [3.05, 3.63) is 134 Å². The van der Waals surface area contributed by atoms with Crippen LogP contribution in [0.25, 0.3) is 21.8 Å². The van der Waals surface area contributed by atoms with Crippen molar-refractivity contribution in [1.29, 1.82) is 0 Å². The Labute approximate surface area is 330 Å². The van der Waals surface area contributed by atoms with E-state index in [9.17, 15) is 9.59 Å². The molecule has 4 aromatic carbocycles. The summed E-state index contributed by atoms with van der Waals surface area (Å²) >= 11 is 0. The lowest BCUT2D eigenvalue weighted by Gasteiger charge is -2.27. The number of amides is 2. The number of para-hydroxylation sites is 2. The molecule has 2 aromatic heterocycles. The molecule has 0 aliphatic carbocycles. The number of carbonyl (C=O) groups is 2. The van der Waals surface area contributed by atoms with Crippen LogP contribution in [0.2, 0.25) is 0 Å². The van der Waals surface area contributed by atoms with Crippen molar-refractivity contribution >= 4 is 67.7 Å². The van der Waals surface area contributed by atoms with E-state index in [1.807, 2.05) is 84.9 Å². The van der Waals surface area contributed by atoms with Crippen LogP contribution < -0.4 is 19.6 Å². The smallest absolute Gasteiger partial charge is 0.258 e. The first-order valence-electron chi connectivity index (χ1n) is 20.3. The lowest BCUT2D eigenvalue weighted by atomic mass is 10.1. The summed E-state index contributed by atoms with van der Waals surface area (Å²) in [6.07, 6.45) is 13.6. The summed E-state index contributed by atoms with van der Waals surface area (Å²) in [5, 5.41) is 1.89. The van der Waals surface area contributed by atoms with Crippen molar-refractivity contribution in [2.75, 3.05) is 45.8 Å². The van der Waals surface area contributed by atoms with E-state index in [2.05, 4.69) is 40.6 Å². The highest BCUT2D eigenvalue weighted by molar-refractivity contribution is 6.11. The Morgan fingerprint density at radius 1 is 0.518 bits per heavy atom. The van der Waals surface area contributed by atoms with Crippen LogP contribution in [0.3, 0.4) is 0 Å². The zero-order valence-corrected chi connectivity index (χ0v) is 32.2. The van der Waals surface area contributed by atoms with E-state index in [-0.39, 0.29) is 24.7 Å². The van der Waals surface area contributed by atoms with Crippen LogP contribution in [0.5, 0.6) is 0 Å². The van der Waals surface area contributed by atoms with Gasteiger partial charge in [0.2, 0.25) is 5.91 Å². The van der Waals surface area contributed by atoms with Gasteiger partial charge in [-0.1, -0.05) is 68.7 Å². The van der Waals surface area contributed by atoms with E-state index in [1.165, 1.54) is 57.1 Å². The first-order chi connectivity index (χ1) is 27.5. The minimum atomic E-state index is -0.266. The number of nitrogens with zero attached hydrogens (tertiary/aromatic N) is 6. The third kappa shape index (κ3) is 8.30. The van der Waals surface area contributed by atoms with E-state index >= 15 is 0 Å². The van der Waals surface area contributed by atoms with Gasteiger partial charge in [0.05, 0.1) is 34.8 Å². The molecule has 2 aliphatic rings. The summed E-state index contributed by atoms with van der Waals surface area (Å²) in [5.41, 5.74) is 7.21. The first-order valence-corrected chi connectivity index (χ1v) is 20.3. The standard InChI is InChI=1S/C48H50N6O2/c1-36(48(56)54(44-33-38-15-7-9-17-46(38)50-35-44)42-25-21-40(22-26-42)52-30-12-4-5-13-31-52)18-27-47(55)53(43-32-37-14-6-8-16-45(37)49-34-43)41-23-19-39(20-24-41)51-28-10-2-3-11-29-51/h6-9,14-17,19-26,32-35H,1-5,10-13,18,27-31H2. The highest BCUT2D eigenvalue weighted by Gasteiger charge is 2.25. The summed E-state index contributed by atoms with van der Waals surface area (Å²) in [5.74, 6) is -0.405. The van der Waals surface area contributed by atoms with Crippen LogP contribution >= 0.6 is 0 Å². The second-order valence-electron chi connectivity index (χ2n) is 15.1. The molecule has 2 amide bonds. The molecule has 0 atom stereocenters. The number of carbonyl (C=O) groups excluding carboxylic acids is 2. The van der Waals surface area contributed by atoms with Crippen LogP contribution in [-0.2, 0) is 9.59 Å². The normalized spacial score (nSPS) is 14.9. The molecule has 0 saturated carbocycles. The molecule has 8 rings (SSSR count). The highest BCUT2D eigenvalue weighted by Crippen LogP contribution is 2.34. The van der Waals surface area contributed by atoms with E-state index < -0.39 is 0 Å². The average Bonchev–Trinajstić information content (AvgIpc) is 3.70. The fourth-order valence-electron chi connectivity index (χ4n) is 8.10. The minimum Gasteiger partial charge on any atom is -0.372 e. The number of hydrogen-bond donors (Lipinski definition) is 0. The van der Waals surface area contributed by atoms with Crippen molar-refractivity contribution in [3.63, 3.8) is 0 Å². The van der Waals surface area contributed by atoms with Gasteiger partial charge in [0.25, 0.3) is 5.91 Å². The summed E-state index contributed by atoms with van der Waals surface area (Å²) < 4.78 is 0. The van der Waals surface area contributed by atoms with Gasteiger partial charge in [-0.3, -0.25) is 29.4 Å². The molecule has 0 unspecified atom stereocenters. The Bertz CT molecular complexity index is 2310. The molecule has 4 heterocycles. The Morgan fingerprint density at radius 2 is 0.946 bits per heavy atom. The fourth-order valence-corrected chi connectivity index (χ4v) is 8.10. The molecule has 0 bridgehead atoms. The molecular formula is C48H50N6O2. The molecule has 0 spiro atoms. The van der Waals surface area contributed by atoms with Gasteiger partial charge in [0.1, 0.15) is 0 Å². The Morgan fingerprint density at radius 3 is 1.43 bits per heavy atom. The van der Waals surface area contributed by atoms with Crippen LogP contribution in [-0.4, -0.2) is 48.0 Å². The van der Waals surface area contributed by atoms with E-state index in [1.54, 1.807) is 22.2 Å². The first kappa shape index (κ1) is 36.9. The van der Waals surface area contributed by atoms with Gasteiger partial charge in [-0.05, 0) is 105 Å². The highest BCUT2D eigenvalue weighted by atomic mass is 16.2. The monoisotopic (exact) mass is 742 g/mol. The molecule has 2 saturated heterocycles. The maximum absolute atomic E-state index is 14.5. The van der Waals surface area contributed by atoms with Crippen molar-refractivity contribution in [3.8, 4) is 0 Å². The van der Waals surface area contributed by atoms with E-state index in [4.69, 9.17) is 9.97 Å². The Balaban J connectivity index is 1.06. The van der Waals surface area contributed by atoms with Crippen LogP contribution in [0.15, 0.2) is 134 Å². The molecule has 6 aromatic rings. The largest absolute Gasteiger partial charge is 0.372 e. The summed E-state index contributed by atoms with van der Waals surface area (Å²) in [4.78, 5) is 46.6. The maximum Gasteiger partial charge on any atom is 0.258 e. The lowest BCUT2D eigenvalue weighted by molar-refractivity contribution is -0.118. The average molecular weight is 743 g/mol. The predicted molar refractivity (Wildman–Crippen MR) is 230 cm³/mol. The number of hydrogen-bond acceptors (Lipinski definition) is 6. The molecule has 0 N–H and O–H groups in total. The maximum atomic E-state index is 14.5. The molecular weight excluding hydrogens is 693 g/mol. The van der Waals surface area contributed by atoms with E-state index in [0.717, 1.165) is 65.0 Å². The lowest BCUT2D eigenvalue weighted by Crippen LogP contribution is -2.29. The number of aromatic nitrogens is 2. The third-order valence-electron chi connectivity index (χ3n) is 11.2. The topological polar surface area (TPSA) is 72.9 Å². The number of anilines is 6. The van der Waals surface area contributed by atoms with Gasteiger partial charge in [-0.2, -0.15) is 0 Å². The van der Waals surface area contributed by atoms with Crippen molar-refractivity contribution in [2.45, 2.75) is 64.2 Å². The quantitative estimate of drug-likeness (QED) is 0.130. The van der Waals surface area contributed by atoms with Crippen LogP contribution in [0.1, 0.15) is 64.2 Å².